The minimum atomic E-state index is -0.00139. The van der Waals surface area contributed by atoms with E-state index in [1.807, 2.05) is 72.2 Å². The predicted molar refractivity (Wildman–Crippen MR) is 163 cm³/mol. The number of nitrogens with zero attached hydrogens (tertiary/aromatic N) is 6. The van der Waals surface area contributed by atoms with Crippen molar-refractivity contribution in [1.29, 1.82) is 0 Å². The maximum absolute atomic E-state index is 13.1. The van der Waals surface area contributed by atoms with E-state index in [0.717, 1.165) is 30.1 Å². The Morgan fingerprint density at radius 1 is 0.976 bits per heavy atom. The molecule has 41 heavy (non-hydrogen) atoms. The van der Waals surface area contributed by atoms with Crippen molar-refractivity contribution in [2.45, 2.75) is 25.0 Å². The van der Waals surface area contributed by atoms with Crippen molar-refractivity contribution in [3.63, 3.8) is 0 Å². The second-order valence-electron chi connectivity index (χ2n) is 10.3. The van der Waals surface area contributed by atoms with Crippen LogP contribution in [0.5, 0.6) is 5.75 Å². The first-order chi connectivity index (χ1) is 19.8. The standard InChI is InChI=1S/C30H35ClN6O3S/c1-21-8-10-23(11-9-21)29(39)37-17-16-36(19-22(37)2)27-18-26(31)32-30(33-27)41-20-28(38)35-14-12-34(13-15-35)24-6-4-5-7-25(24)40-3/h4-11,18,22H,12-17,19-20H2,1-3H3. The molecule has 2 amide bonds. The number of anilines is 2. The predicted octanol–water partition coefficient (Wildman–Crippen LogP) is 4.24. The number of piperazine rings is 2. The van der Waals surface area contributed by atoms with Crippen LogP contribution in [0, 0.1) is 6.92 Å². The summed E-state index contributed by atoms with van der Waals surface area (Å²) in [6.45, 7) is 8.66. The molecule has 5 rings (SSSR count). The van der Waals surface area contributed by atoms with Crippen LogP contribution < -0.4 is 14.5 Å². The van der Waals surface area contributed by atoms with Gasteiger partial charge in [0.05, 0.1) is 18.6 Å². The van der Waals surface area contributed by atoms with E-state index >= 15 is 0 Å². The van der Waals surface area contributed by atoms with Gasteiger partial charge in [-0.1, -0.05) is 53.2 Å². The van der Waals surface area contributed by atoms with E-state index < -0.39 is 0 Å². The van der Waals surface area contributed by atoms with Gasteiger partial charge in [-0.25, -0.2) is 9.97 Å². The molecule has 216 valence electrons. The van der Waals surface area contributed by atoms with Crippen LogP contribution in [0.15, 0.2) is 59.8 Å². The number of thioether (sulfide) groups is 1. The number of para-hydroxylation sites is 2. The van der Waals surface area contributed by atoms with Crippen LogP contribution in [0.25, 0.3) is 0 Å². The summed E-state index contributed by atoms with van der Waals surface area (Å²) >= 11 is 7.67. The van der Waals surface area contributed by atoms with Crippen molar-refractivity contribution in [2.24, 2.45) is 0 Å². The Balaban J connectivity index is 1.15. The summed E-state index contributed by atoms with van der Waals surface area (Å²) in [5.41, 5.74) is 2.87. The smallest absolute Gasteiger partial charge is 0.254 e. The number of ether oxygens (including phenoxy) is 1. The summed E-state index contributed by atoms with van der Waals surface area (Å²) in [7, 11) is 1.67. The zero-order chi connectivity index (χ0) is 28.9. The molecule has 1 aromatic heterocycles. The first-order valence-electron chi connectivity index (χ1n) is 13.8. The van der Waals surface area contributed by atoms with E-state index in [9.17, 15) is 9.59 Å². The van der Waals surface area contributed by atoms with Gasteiger partial charge in [-0.15, -0.1) is 0 Å². The molecule has 2 aliphatic heterocycles. The Hall–Kier alpha value is -3.50. The molecule has 1 unspecified atom stereocenters. The fourth-order valence-electron chi connectivity index (χ4n) is 5.25. The topological polar surface area (TPSA) is 82.1 Å². The van der Waals surface area contributed by atoms with Gasteiger partial charge in [-0.05, 0) is 38.1 Å². The Labute approximate surface area is 250 Å². The summed E-state index contributed by atoms with van der Waals surface area (Å²) in [4.78, 5) is 43.3. The summed E-state index contributed by atoms with van der Waals surface area (Å²) in [6, 6.07) is 17.4. The second kappa shape index (κ2) is 13.0. The number of methoxy groups -OCH3 is 1. The van der Waals surface area contributed by atoms with Gasteiger partial charge in [0.1, 0.15) is 16.7 Å². The Morgan fingerprint density at radius 3 is 2.39 bits per heavy atom. The molecule has 0 N–H and O–H groups in total. The lowest BCUT2D eigenvalue weighted by atomic mass is 10.1. The number of benzene rings is 2. The molecule has 0 spiro atoms. The molecule has 0 radical (unpaired) electrons. The molecule has 3 heterocycles. The average Bonchev–Trinajstić information content (AvgIpc) is 2.99. The fourth-order valence-corrected chi connectivity index (χ4v) is 6.23. The van der Waals surface area contributed by atoms with Gasteiger partial charge in [-0.3, -0.25) is 9.59 Å². The van der Waals surface area contributed by atoms with Gasteiger partial charge in [0, 0.05) is 63.5 Å². The lowest BCUT2D eigenvalue weighted by Gasteiger charge is -2.40. The van der Waals surface area contributed by atoms with Crippen molar-refractivity contribution in [3.8, 4) is 5.75 Å². The Bertz CT molecular complexity index is 1380. The van der Waals surface area contributed by atoms with E-state index in [-0.39, 0.29) is 23.6 Å². The average molecular weight is 595 g/mol. The maximum atomic E-state index is 13.1. The van der Waals surface area contributed by atoms with Crippen LogP contribution in [0.3, 0.4) is 0 Å². The van der Waals surface area contributed by atoms with Crippen molar-refractivity contribution in [1.82, 2.24) is 19.8 Å². The minimum Gasteiger partial charge on any atom is -0.495 e. The molecule has 11 heteroatoms. The van der Waals surface area contributed by atoms with Crippen molar-refractivity contribution in [2.75, 3.05) is 68.5 Å². The van der Waals surface area contributed by atoms with Gasteiger partial charge >= 0.3 is 0 Å². The monoisotopic (exact) mass is 594 g/mol. The number of halogens is 1. The third-order valence-electron chi connectivity index (χ3n) is 7.55. The molecule has 0 bridgehead atoms. The molecule has 0 aliphatic carbocycles. The highest BCUT2D eigenvalue weighted by Crippen LogP contribution is 2.29. The number of amides is 2. The van der Waals surface area contributed by atoms with Gasteiger partial charge in [0.15, 0.2) is 5.16 Å². The summed E-state index contributed by atoms with van der Waals surface area (Å²) in [5, 5.41) is 0.806. The largest absolute Gasteiger partial charge is 0.495 e. The molecule has 2 fully saturated rings. The molecule has 9 nitrogen and oxygen atoms in total. The molecule has 3 aromatic rings. The molecule has 2 aromatic carbocycles. The molecule has 2 saturated heterocycles. The van der Waals surface area contributed by atoms with Crippen LogP contribution in [0.2, 0.25) is 5.15 Å². The van der Waals surface area contributed by atoms with E-state index in [0.29, 0.717) is 54.4 Å². The number of hydrogen-bond acceptors (Lipinski definition) is 8. The van der Waals surface area contributed by atoms with E-state index in [1.54, 1.807) is 13.2 Å². The van der Waals surface area contributed by atoms with Crippen molar-refractivity contribution >= 4 is 46.7 Å². The Kier molecular flexibility index (Phi) is 9.19. The number of rotatable bonds is 7. The van der Waals surface area contributed by atoms with E-state index in [2.05, 4.69) is 14.8 Å². The van der Waals surface area contributed by atoms with Gasteiger partial charge < -0.3 is 24.3 Å². The van der Waals surface area contributed by atoms with Gasteiger partial charge in [0.2, 0.25) is 5.91 Å². The van der Waals surface area contributed by atoms with Crippen LogP contribution >= 0.6 is 23.4 Å². The number of hydrogen-bond donors (Lipinski definition) is 0. The number of aryl methyl sites for hydroxylation is 1. The molecule has 2 aliphatic rings. The number of carbonyl (C=O) groups excluding carboxylic acids is 2. The van der Waals surface area contributed by atoms with Crippen LogP contribution in [0.4, 0.5) is 11.5 Å². The lowest BCUT2D eigenvalue weighted by Crippen LogP contribution is -2.54. The highest BCUT2D eigenvalue weighted by atomic mass is 35.5. The first kappa shape index (κ1) is 29.0. The summed E-state index contributed by atoms with van der Waals surface area (Å²) in [5.74, 6) is 1.88. The summed E-state index contributed by atoms with van der Waals surface area (Å²) in [6.07, 6.45) is 0. The molecular weight excluding hydrogens is 560 g/mol. The molecule has 0 saturated carbocycles. The fraction of sp³-hybridized carbons (Fsp3) is 0.400. The highest BCUT2D eigenvalue weighted by molar-refractivity contribution is 7.99. The van der Waals surface area contributed by atoms with Crippen molar-refractivity contribution in [3.05, 3.63) is 70.9 Å². The Morgan fingerprint density at radius 2 is 1.68 bits per heavy atom. The van der Waals surface area contributed by atoms with Crippen molar-refractivity contribution < 1.29 is 14.3 Å². The number of aromatic nitrogens is 2. The summed E-state index contributed by atoms with van der Waals surface area (Å²) < 4.78 is 5.50. The number of carbonyl (C=O) groups is 2. The third-order valence-corrected chi connectivity index (χ3v) is 8.58. The second-order valence-corrected chi connectivity index (χ2v) is 11.6. The third kappa shape index (κ3) is 6.87. The van der Waals surface area contributed by atoms with Crippen LogP contribution in [-0.2, 0) is 4.79 Å². The van der Waals surface area contributed by atoms with Gasteiger partial charge in [0.25, 0.3) is 5.91 Å². The zero-order valence-electron chi connectivity index (χ0n) is 23.6. The van der Waals surface area contributed by atoms with Gasteiger partial charge in [-0.2, -0.15) is 0 Å². The van der Waals surface area contributed by atoms with E-state index in [4.69, 9.17) is 21.3 Å². The normalized spacial score (nSPS) is 17.5. The quantitative estimate of drug-likeness (QED) is 0.228. The molecular formula is C30H35ClN6O3S. The maximum Gasteiger partial charge on any atom is 0.254 e. The highest BCUT2D eigenvalue weighted by Gasteiger charge is 2.29. The molecule has 1 atom stereocenters. The first-order valence-corrected chi connectivity index (χ1v) is 15.1. The minimum absolute atomic E-state index is 0.00139. The zero-order valence-corrected chi connectivity index (χ0v) is 25.2. The van der Waals surface area contributed by atoms with E-state index in [1.165, 1.54) is 11.8 Å². The lowest BCUT2D eigenvalue weighted by molar-refractivity contribution is -0.128. The SMILES string of the molecule is COc1ccccc1N1CCN(C(=O)CSc2nc(Cl)cc(N3CCN(C(=O)c4ccc(C)cc4)C(C)C3)n2)CC1. The van der Waals surface area contributed by atoms with Crippen LogP contribution in [-0.4, -0.2) is 96.3 Å². The van der Waals surface area contributed by atoms with Crippen LogP contribution in [0.1, 0.15) is 22.8 Å².